The molecular weight excluding hydrogens is 246 g/mol. The molecule has 0 spiro atoms. The molecule has 0 bridgehead atoms. The van der Waals surface area contributed by atoms with Crippen molar-refractivity contribution in [2.45, 2.75) is 19.9 Å². The van der Waals surface area contributed by atoms with E-state index in [1.807, 2.05) is 0 Å². The Kier molecular flexibility index (Phi) is 2.60. The van der Waals surface area contributed by atoms with Gasteiger partial charge in [0, 0.05) is 6.92 Å². The van der Waals surface area contributed by atoms with Crippen LogP contribution in [0.2, 0.25) is 0 Å². The second-order valence-electron chi connectivity index (χ2n) is 5.05. The van der Waals surface area contributed by atoms with Crippen LogP contribution in [0, 0.1) is 0 Å². The normalized spacial score (nSPS) is 18.9. The third-order valence-electron chi connectivity index (χ3n) is 3.57. The fraction of sp³-hybridized carbons (Fsp3) is 0.385. The highest BCUT2D eigenvalue weighted by Crippen LogP contribution is 2.32. The maximum atomic E-state index is 11.5. The summed E-state index contributed by atoms with van der Waals surface area (Å²) in [6.45, 7) is 3.74. The van der Waals surface area contributed by atoms with E-state index >= 15 is 0 Å². The molecule has 0 aromatic carbocycles. The zero-order valence-corrected chi connectivity index (χ0v) is 11.4. The van der Waals surface area contributed by atoms with Gasteiger partial charge < -0.3 is 10.6 Å². The van der Waals surface area contributed by atoms with E-state index in [9.17, 15) is 4.79 Å². The zero-order chi connectivity index (χ0) is 12.9. The van der Waals surface area contributed by atoms with Crippen molar-refractivity contribution in [2.24, 2.45) is 0 Å². The molecule has 0 amide bonds. The Bertz CT molecular complexity index is 647. The molecule has 3 heterocycles. The fourth-order valence-corrected chi connectivity index (χ4v) is 3.59. The van der Waals surface area contributed by atoms with Crippen LogP contribution in [0.25, 0.3) is 10.2 Å². The number of H-pyrrole nitrogens is 1. The number of likely N-dealkylation sites (N-methyl/N-ethyl adjacent to an activating group) is 1. The number of Topliss-reactive ketones (excluding diaryl/α,β-unsaturated/α-hetero) is 1. The second-order valence-corrected chi connectivity index (χ2v) is 6.07. The molecule has 18 heavy (non-hydrogen) atoms. The van der Waals surface area contributed by atoms with Crippen LogP contribution in [-0.4, -0.2) is 19.4 Å². The van der Waals surface area contributed by atoms with E-state index in [1.165, 1.54) is 27.5 Å². The van der Waals surface area contributed by atoms with Crippen LogP contribution < -0.4 is 15.6 Å². The zero-order valence-electron chi connectivity index (χ0n) is 10.6. The molecule has 1 aliphatic rings. The van der Waals surface area contributed by atoms with Gasteiger partial charge in [0.1, 0.15) is 6.54 Å². The van der Waals surface area contributed by atoms with E-state index < -0.39 is 0 Å². The van der Waals surface area contributed by atoms with Gasteiger partial charge in [0.05, 0.1) is 41.5 Å². The van der Waals surface area contributed by atoms with Gasteiger partial charge in [-0.3, -0.25) is 4.79 Å². The number of nitrogens with one attached hydrogen (secondary N) is 2. The minimum atomic E-state index is 0.0443. The van der Waals surface area contributed by atoms with Crippen LogP contribution in [0.4, 0.5) is 5.69 Å². The lowest BCUT2D eigenvalue weighted by Crippen LogP contribution is -3.08. The number of hydrogen-bond donors (Lipinski definition) is 2. The van der Waals surface area contributed by atoms with Crippen molar-refractivity contribution >= 4 is 33.0 Å². The fourth-order valence-electron chi connectivity index (χ4n) is 2.57. The third-order valence-corrected chi connectivity index (χ3v) is 4.81. The van der Waals surface area contributed by atoms with Gasteiger partial charge in [-0.15, -0.1) is 0 Å². The predicted molar refractivity (Wildman–Crippen MR) is 72.0 cm³/mol. The minimum Gasteiger partial charge on any atom is -0.397 e. The molecule has 0 aliphatic carbocycles. The first-order valence-electron chi connectivity index (χ1n) is 6.14. The Hall–Kier alpha value is -1.46. The number of carbonyl (C=O) groups excluding carboxylic acids is 1. The molecule has 5 heteroatoms. The first kappa shape index (κ1) is 11.6. The van der Waals surface area contributed by atoms with Crippen molar-refractivity contribution in [3.05, 3.63) is 22.2 Å². The number of nitrogen functional groups attached to an aromatic ring is 1. The molecule has 2 aromatic rings. The molecule has 1 unspecified atom stereocenters. The number of carbonyl (C=O) groups is 1. The number of aromatic nitrogens is 1. The molecule has 0 fully saturated rings. The van der Waals surface area contributed by atoms with E-state index in [1.54, 1.807) is 6.92 Å². The summed E-state index contributed by atoms with van der Waals surface area (Å²) in [4.78, 5) is 18.2. The number of fused-ring (bicyclic) bond motifs is 2. The molecule has 2 aromatic heterocycles. The molecule has 0 radical (unpaired) electrons. The molecule has 0 saturated heterocycles. The molecular formula is C13H17N3OS+2. The lowest BCUT2D eigenvalue weighted by Gasteiger charge is -2.18. The van der Waals surface area contributed by atoms with E-state index in [2.05, 4.69) is 18.1 Å². The predicted octanol–water partition coefficient (Wildman–Crippen LogP) is 0.0710. The SMILES string of the molecule is CC(=O)c1sc2[nH+]c3c(cc2c1N)C[NH+](C)CC3. The summed E-state index contributed by atoms with van der Waals surface area (Å²) in [5.74, 6) is 0.0443. The van der Waals surface area contributed by atoms with Crippen molar-refractivity contribution in [1.82, 2.24) is 0 Å². The summed E-state index contributed by atoms with van der Waals surface area (Å²) in [6, 6.07) is 2.15. The summed E-state index contributed by atoms with van der Waals surface area (Å²) >= 11 is 1.47. The first-order valence-corrected chi connectivity index (χ1v) is 6.96. The van der Waals surface area contributed by atoms with Gasteiger partial charge in [0.15, 0.2) is 11.5 Å². The number of hydrogen-bond acceptors (Lipinski definition) is 3. The molecule has 3 rings (SSSR count). The van der Waals surface area contributed by atoms with Gasteiger partial charge in [0.2, 0.25) is 0 Å². The maximum absolute atomic E-state index is 11.5. The molecule has 4 N–H and O–H groups in total. The number of quaternary nitrogens is 1. The van der Waals surface area contributed by atoms with Crippen molar-refractivity contribution in [1.29, 1.82) is 0 Å². The van der Waals surface area contributed by atoms with Gasteiger partial charge in [-0.2, -0.15) is 4.98 Å². The van der Waals surface area contributed by atoms with Gasteiger partial charge in [-0.05, 0) is 6.07 Å². The monoisotopic (exact) mass is 263 g/mol. The standard InChI is InChI=1S/C13H15N3OS/c1-7(17)12-11(14)9-5-8-6-16(2)4-3-10(8)15-13(9)18-12/h5H,3-4,6,14H2,1-2H3/p+2. The lowest BCUT2D eigenvalue weighted by molar-refractivity contribution is -0.896. The summed E-state index contributed by atoms with van der Waals surface area (Å²) in [6.07, 6.45) is 1.06. The van der Waals surface area contributed by atoms with Crippen LogP contribution in [0.3, 0.4) is 0 Å². The summed E-state index contributed by atoms with van der Waals surface area (Å²) in [5.41, 5.74) is 9.32. The summed E-state index contributed by atoms with van der Waals surface area (Å²) in [5, 5.41) is 0.999. The second kappa shape index (κ2) is 4.03. The average Bonchev–Trinajstić information content (AvgIpc) is 2.64. The Labute approximate surface area is 109 Å². The summed E-state index contributed by atoms with van der Waals surface area (Å²) in [7, 11) is 2.20. The Morgan fingerprint density at radius 3 is 3.06 bits per heavy atom. The number of nitrogens with two attached hydrogens (primary N) is 1. The van der Waals surface area contributed by atoms with Gasteiger partial charge in [-0.25, -0.2) is 0 Å². The van der Waals surface area contributed by atoms with Crippen molar-refractivity contribution in [3.8, 4) is 0 Å². The highest BCUT2D eigenvalue weighted by Gasteiger charge is 2.26. The van der Waals surface area contributed by atoms with Gasteiger partial charge >= 0.3 is 0 Å². The third kappa shape index (κ3) is 1.71. The number of ketones is 1. The van der Waals surface area contributed by atoms with Crippen molar-refractivity contribution in [2.75, 3.05) is 19.3 Å². The highest BCUT2D eigenvalue weighted by atomic mass is 32.1. The van der Waals surface area contributed by atoms with E-state index in [4.69, 9.17) is 5.73 Å². The molecule has 1 aliphatic heterocycles. The highest BCUT2D eigenvalue weighted by molar-refractivity contribution is 7.20. The summed E-state index contributed by atoms with van der Waals surface area (Å²) < 4.78 is 0. The van der Waals surface area contributed by atoms with E-state index in [0.717, 1.165) is 29.7 Å². The number of pyridine rings is 1. The number of rotatable bonds is 1. The molecule has 94 valence electrons. The Morgan fingerprint density at radius 2 is 2.33 bits per heavy atom. The smallest absolute Gasteiger partial charge is 0.270 e. The van der Waals surface area contributed by atoms with Crippen LogP contribution in [-0.2, 0) is 13.0 Å². The van der Waals surface area contributed by atoms with Crippen LogP contribution in [0.5, 0.6) is 0 Å². The Balaban J connectivity index is 2.22. The average molecular weight is 263 g/mol. The quantitative estimate of drug-likeness (QED) is 0.715. The lowest BCUT2D eigenvalue weighted by atomic mass is 10.0. The van der Waals surface area contributed by atoms with Crippen LogP contribution >= 0.6 is 11.3 Å². The largest absolute Gasteiger partial charge is 0.397 e. The molecule has 0 saturated carbocycles. The van der Waals surface area contributed by atoms with Crippen molar-refractivity contribution < 1.29 is 14.7 Å². The van der Waals surface area contributed by atoms with E-state index in [0.29, 0.717) is 10.6 Å². The Morgan fingerprint density at radius 1 is 1.56 bits per heavy atom. The van der Waals surface area contributed by atoms with Crippen molar-refractivity contribution in [3.63, 3.8) is 0 Å². The number of aromatic amines is 1. The number of thiophene rings is 1. The molecule has 4 nitrogen and oxygen atoms in total. The topological polar surface area (TPSA) is 61.7 Å². The molecule has 1 atom stereocenters. The first-order chi connectivity index (χ1) is 8.56. The minimum absolute atomic E-state index is 0.0443. The van der Waals surface area contributed by atoms with Crippen LogP contribution in [0.1, 0.15) is 27.9 Å². The van der Waals surface area contributed by atoms with Gasteiger partial charge in [-0.1, -0.05) is 11.3 Å². The number of anilines is 1. The maximum Gasteiger partial charge on any atom is 0.270 e. The van der Waals surface area contributed by atoms with E-state index in [-0.39, 0.29) is 5.78 Å². The van der Waals surface area contributed by atoms with Gasteiger partial charge in [0.25, 0.3) is 4.83 Å². The van der Waals surface area contributed by atoms with Crippen LogP contribution in [0.15, 0.2) is 6.07 Å².